The Balaban J connectivity index is 2.60. The van der Waals surface area contributed by atoms with Gasteiger partial charge in [0.25, 0.3) is 0 Å². The molecule has 1 aromatic carbocycles. The van der Waals surface area contributed by atoms with Crippen LogP contribution in [0.15, 0.2) is 18.2 Å². The number of benzene rings is 1. The minimum Gasteiger partial charge on any atom is -0.486 e. The summed E-state index contributed by atoms with van der Waals surface area (Å²) < 4.78 is 15.4. The summed E-state index contributed by atoms with van der Waals surface area (Å²) >= 11 is 0. The van der Waals surface area contributed by atoms with Crippen molar-refractivity contribution in [3.8, 4) is 5.75 Å². The van der Waals surface area contributed by atoms with E-state index >= 15 is 0 Å². The molecule has 0 bridgehead atoms. The van der Waals surface area contributed by atoms with E-state index in [-0.39, 0.29) is 6.61 Å². The molecule has 0 atom stereocenters. The molecular formula is C10H16N2O3. The van der Waals surface area contributed by atoms with Crippen LogP contribution in [0, 0.1) is 0 Å². The summed E-state index contributed by atoms with van der Waals surface area (Å²) in [6.07, 6.45) is -0.411. The van der Waals surface area contributed by atoms with Gasteiger partial charge in [-0.1, -0.05) is 0 Å². The minimum atomic E-state index is -0.411. The third-order valence-corrected chi connectivity index (χ3v) is 1.94. The van der Waals surface area contributed by atoms with Crippen molar-refractivity contribution < 1.29 is 14.2 Å². The molecule has 0 radical (unpaired) electrons. The number of rotatable bonds is 5. The van der Waals surface area contributed by atoms with Gasteiger partial charge >= 0.3 is 0 Å². The lowest BCUT2D eigenvalue weighted by atomic mass is 10.2. The lowest BCUT2D eigenvalue weighted by molar-refractivity contribution is -0.121. The van der Waals surface area contributed by atoms with Crippen LogP contribution in [0.4, 0.5) is 11.4 Å². The van der Waals surface area contributed by atoms with Crippen molar-refractivity contribution in [2.45, 2.75) is 6.29 Å². The lowest BCUT2D eigenvalue weighted by Crippen LogP contribution is -2.22. The zero-order valence-corrected chi connectivity index (χ0v) is 8.90. The second-order valence-corrected chi connectivity index (χ2v) is 3.01. The van der Waals surface area contributed by atoms with Crippen LogP contribution in [-0.4, -0.2) is 27.1 Å². The molecule has 0 unspecified atom stereocenters. The predicted octanol–water partition coefficient (Wildman–Crippen LogP) is 0.849. The summed E-state index contributed by atoms with van der Waals surface area (Å²) in [5.41, 5.74) is 12.4. The number of nitrogens with two attached hydrogens (primary N) is 2. The number of hydrogen-bond donors (Lipinski definition) is 2. The van der Waals surface area contributed by atoms with Gasteiger partial charge in [0, 0.05) is 26.0 Å². The van der Waals surface area contributed by atoms with Gasteiger partial charge in [-0.15, -0.1) is 0 Å². The maximum absolute atomic E-state index is 5.70. The first-order valence-electron chi connectivity index (χ1n) is 4.50. The fourth-order valence-corrected chi connectivity index (χ4v) is 1.07. The van der Waals surface area contributed by atoms with Crippen LogP contribution in [0.25, 0.3) is 0 Å². The summed E-state index contributed by atoms with van der Waals surface area (Å²) in [6.45, 7) is 0.265. The number of methoxy groups -OCH3 is 2. The van der Waals surface area contributed by atoms with E-state index in [1.165, 1.54) is 0 Å². The van der Waals surface area contributed by atoms with Crippen LogP contribution in [-0.2, 0) is 9.47 Å². The maximum Gasteiger partial charge on any atom is 0.191 e. The third-order valence-electron chi connectivity index (χ3n) is 1.94. The minimum absolute atomic E-state index is 0.265. The molecule has 0 saturated carbocycles. The third kappa shape index (κ3) is 3.30. The monoisotopic (exact) mass is 212 g/mol. The smallest absolute Gasteiger partial charge is 0.191 e. The van der Waals surface area contributed by atoms with E-state index in [2.05, 4.69) is 0 Å². The Morgan fingerprint density at radius 2 is 1.87 bits per heavy atom. The zero-order chi connectivity index (χ0) is 11.3. The van der Waals surface area contributed by atoms with Gasteiger partial charge in [-0.05, 0) is 12.1 Å². The SMILES string of the molecule is COC(COc1cc(N)ccc1N)OC. The maximum atomic E-state index is 5.70. The van der Waals surface area contributed by atoms with Gasteiger partial charge in [-0.2, -0.15) is 0 Å². The Bertz CT molecular complexity index is 314. The van der Waals surface area contributed by atoms with Crippen molar-refractivity contribution in [1.82, 2.24) is 0 Å². The second-order valence-electron chi connectivity index (χ2n) is 3.01. The highest BCUT2D eigenvalue weighted by molar-refractivity contribution is 5.59. The van der Waals surface area contributed by atoms with Crippen LogP contribution < -0.4 is 16.2 Å². The first-order chi connectivity index (χ1) is 7.17. The Kier molecular flexibility index (Phi) is 4.20. The van der Waals surface area contributed by atoms with Gasteiger partial charge in [0.2, 0.25) is 0 Å². The number of anilines is 2. The average Bonchev–Trinajstić information content (AvgIpc) is 2.24. The Hall–Kier alpha value is -1.46. The van der Waals surface area contributed by atoms with E-state index in [9.17, 15) is 0 Å². The van der Waals surface area contributed by atoms with Gasteiger partial charge in [0.05, 0.1) is 5.69 Å². The molecule has 4 N–H and O–H groups in total. The second kappa shape index (κ2) is 5.43. The van der Waals surface area contributed by atoms with Gasteiger partial charge in [-0.3, -0.25) is 0 Å². The van der Waals surface area contributed by atoms with Crippen LogP contribution in [0.5, 0.6) is 5.75 Å². The highest BCUT2D eigenvalue weighted by Gasteiger charge is 2.07. The van der Waals surface area contributed by atoms with E-state index in [0.29, 0.717) is 17.1 Å². The van der Waals surface area contributed by atoms with Gasteiger partial charge in [0.1, 0.15) is 12.4 Å². The van der Waals surface area contributed by atoms with Gasteiger partial charge < -0.3 is 25.7 Å². The molecule has 1 aromatic rings. The predicted molar refractivity (Wildman–Crippen MR) is 58.6 cm³/mol. The standard InChI is InChI=1S/C10H16N2O3/c1-13-10(14-2)6-15-9-5-7(11)3-4-8(9)12/h3-5,10H,6,11-12H2,1-2H3. The van der Waals surface area contributed by atoms with Crippen LogP contribution in [0.1, 0.15) is 0 Å². The van der Waals surface area contributed by atoms with Crippen molar-refractivity contribution in [1.29, 1.82) is 0 Å². The van der Waals surface area contributed by atoms with Crippen molar-refractivity contribution in [3.63, 3.8) is 0 Å². The quantitative estimate of drug-likeness (QED) is 0.558. The Morgan fingerprint density at radius 3 is 2.47 bits per heavy atom. The van der Waals surface area contributed by atoms with E-state index in [4.69, 9.17) is 25.7 Å². The van der Waals surface area contributed by atoms with Gasteiger partial charge in [0.15, 0.2) is 6.29 Å². The molecule has 0 heterocycles. The lowest BCUT2D eigenvalue weighted by Gasteiger charge is -2.15. The molecule has 0 aliphatic carbocycles. The molecular weight excluding hydrogens is 196 g/mol. The van der Waals surface area contributed by atoms with E-state index in [0.717, 1.165) is 0 Å². The molecule has 5 nitrogen and oxygen atoms in total. The summed E-state index contributed by atoms with van der Waals surface area (Å²) in [7, 11) is 3.08. The zero-order valence-electron chi connectivity index (χ0n) is 8.90. The highest BCUT2D eigenvalue weighted by Crippen LogP contribution is 2.23. The van der Waals surface area contributed by atoms with Crippen LogP contribution in [0.2, 0.25) is 0 Å². The molecule has 0 fully saturated rings. The normalized spacial score (nSPS) is 10.6. The van der Waals surface area contributed by atoms with Crippen molar-refractivity contribution in [2.75, 3.05) is 32.3 Å². The fraction of sp³-hybridized carbons (Fsp3) is 0.400. The van der Waals surface area contributed by atoms with Gasteiger partial charge in [-0.25, -0.2) is 0 Å². The van der Waals surface area contributed by atoms with Crippen molar-refractivity contribution in [2.24, 2.45) is 0 Å². The Morgan fingerprint density at radius 1 is 1.20 bits per heavy atom. The first kappa shape index (κ1) is 11.6. The fourth-order valence-electron chi connectivity index (χ4n) is 1.07. The molecule has 0 amide bonds. The van der Waals surface area contributed by atoms with E-state index < -0.39 is 6.29 Å². The summed E-state index contributed by atoms with van der Waals surface area (Å²) in [4.78, 5) is 0. The summed E-state index contributed by atoms with van der Waals surface area (Å²) in [5, 5.41) is 0. The largest absolute Gasteiger partial charge is 0.486 e. The molecule has 84 valence electrons. The number of ether oxygens (including phenoxy) is 3. The summed E-state index contributed by atoms with van der Waals surface area (Å²) in [6, 6.07) is 5.07. The molecule has 0 spiro atoms. The number of nitrogen functional groups attached to an aromatic ring is 2. The Labute approximate surface area is 88.9 Å². The average molecular weight is 212 g/mol. The molecule has 0 aromatic heterocycles. The summed E-state index contributed by atoms with van der Waals surface area (Å²) in [5.74, 6) is 0.536. The topological polar surface area (TPSA) is 79.7 Å². The molecule has 0 aliphatic heterocycles. The molecule has 0 saturated heterocycles. The molecule has 0 aliphatic rings. The van der Waals surface area contributed by atoms with Crippen molar-refractivity contribution >= 4 is 11.4 Å². The van der Waals surface area contributed by atoms with Crippen LogP contribution >= 0.6 is 0 Å². The van der Waals surface area contributed by atoms with Crippen molar-refractivity contribution in [3.05, 3.63) is 18.2 Å². The molecule has 5 heteroatoms. The van der Waals surface area contributed by atoms with E-state index in [1.807, 2.05) is 0 Å². The van der Waals surface area contributed by atoms with E-state index in [1.54, 1.807) is 32.4 Å². The molecule has 15 heavy (non-hydrogen) atoms. The van der Waals surface area contributed by atoms with Crippen LogP contribution in [0.3, 0.4) is 0 Å². The highest BCUT2D eigenvalue weighted by atomic mass is 16.7. The molecule has 1 rings (SSSR count). The number of hydrogen-bond acceptors (Lipinski definition) is 5. The first-order valence-corrected chi connectivity index (χ1v) is 4.50.